The molecule has 94 valence electrons. The predicted octanol–water partition coefficient (Wildman–Crippen LogP) is -0.0843. The highest BCUT2D eigenvalue weighted by molar-refractivity contribution is 5.61. The first-order valence-electron chi connectivity index (χ1n) is 5.91. The molecule has 2 rings (SSSR count). The van der Waals surface area contributed by atoms with Crippen LogP contribution in [-0.4, -0.2) is 29.6 Å². The average Bonchev–Trinajstić information content (AvgIpc) is 2.80. The normalized spacial score (nSPS) is 23.9. The van der Waals surface area contributed by atoms with Gasteiger partial charge in [0.2, 0.25) is 0 Å². The Bertz CT molecular complexity index is 444. The molecule has 1 aromatic heterocycles. The van der Waals surface area contributed by atoms with Crippen molar-refractivity contribution in [2.24, 2.45) is 11.7 Å². The highest BCUT2D eigenvalue weighted by atomic mass is 16.1. The Morgan fingerprint density at radius 2 is 2.35 bits per heavy atom. The van der Waals surface area contributed by atoms with Crippen molar-refractivity contribution in [2.45, 2.75) is 25.3 Å². The summed E-state index contributed by atoms with van der Waals surface area (Å²) < 4.78 is 0. The first kappa shape index (κ1) is 11.9. The van der Waals surface area contributed by atoms with Crippen LogP contribution in [0.1, 0.15) is 19.3 Å². The minimum absolute atomic E-state index is 0.178. The topological polar surface area (TPSA) is 101 Å². The molecular weight excluding hydrogens is 218 g/mol. The van der Waals surface area contributed by atoms with Gasteiger partial charge in [-0.3, -0.25) is 4.79 Å². The molecule has 0 radical (unpaired) electrons. The second kappa shape index (κ2) is 4.75. The van der Waals surface area contributed by atoms with Gasteiger partial charge in [-0.05, 0) is 25.3 Å². The van der Waals surface area contributed by atoms with Crippen LogP contribution >= 0.6 is 0 Å². The van der Waals surface area contributed by atoms with E-state index >= 15 is 0 Å². The fourth-order valence-electron chi connectivity index (χ4n) is 2.64. The second-order valence-electron chi connectivity index (χ2n) is 4.57. The van der Waals surface area contributed by atoms with Crippen molar-refractivity contribution in [1.82, 2.24) is 9.97 Å². The summed E-state index contributed by atoms with van der Waals surface area (Å²) in [7, 11) is 1.93. The van der Waals surface area contributed by atoms with Crippen LogP contribution < -0.4 is 21.9 Å². The van der Waals surface area contributed by atoms with E-state index in [2.05, 4.69) is 9.97 Å². The van der Waals surface area contributed by atoms with Gasteiger partial charge >= 0.3 is 0 Å². The summed E-state index contributed by atoms with van der Waals surface area (Å²) in [5.41, 5.74) is 11.4. The van der Waals surface area contributed by atoms with E-state index in [0.29, 0.717) is 24.3 Å². The smallest absolute Gasteiger partial charge is 0.276 e. The zero-order chi connectivity index (χ0) is 12.4. The number of nitrogens with one attached hydrogen (secondary N) is 1. The molecule has 0 saturated heterocycles. The summed E-state index contributed by atoms with van der Waals surface area (Å²) >= 11 is 0. The molecule has 0 bridgehead atoms. The number of hydrogen-bond donors (Lipinski definition) is 3. The summed E-state index contributed by atoms with van der Waals surface area (Å²) in [6, 6.07) is 0.330. The molecule has 1 aliphatic carbocycles. The summed E-state index contributed by atoms with van der Waals surface area (Å²) in [6.45, 7) is 0.665. The van der Waals surface area contributed by atoms with Gasteiger partial charge in [0.15, 0.2) is 5.82 Å². The molecule has 0 spiro atoms. The molecule has 0 amide bonds. The highest BCUT2D eigenvalue weighted by Gasteiger charge is 2.31. The molecule has 17 heavy (non-hydrogen) atoms. The molecule has 1 heterocycles. The maximum Gasteiger partial charge on any atom is 0.276 e. The molecule has 0 aromatic carbocycles. The van der Waals surface area contributed by atoms with Gasteiger partial charge in [-0.2, -0.15) is 0 Å². The van der Waals surface area contributed by atoms with Crippen molar-refractivity contribution in [3.63, 3.8) is 0 Å². The minimum Gasteiger partial charge on any atom is -0.391 e. The van der Waals surface area contributed by atoms with E-state index in [1.54, 1.807) is 0 Å². The SMILES string of the molecule is CN(c1nc[nH]c(=O)c1N)C1CCCC1CN. The molecular formula is C11H19N5O. The van der Waals surface area contributed by atoms with Crippen LogP contribution in [0.2, 0.25) is 0 Å². The molecule has 1 saturated carbocycles. The van der Waals surface area contributed by atoms with E-state index in [9.17, 15) is 4.79 Å². The van der Waals surface area contributed by atoms with Crippen molar-refractivity contribution < 1.29 is 0 Å². The molecule has 6 heteroatoms. The fraction of sp³-hybridized carbons (Fsp3) is 0.636. The number of nitrogens with two attached hydrogens (primary N) is 2. The van der Waals surface area contributed by atoms with E-state index in [1.807, 2.05) is 11.9 Å². The molecule has 0 aliphatic heterocycles. The van der Waals surface area contributed by atoms with Gasteiger partial charge in [0.1, 0.15) is 5.69 Å². The Morgan fingerprint density at radius 3 is 3.06 bits per heavy atom. The van der Waals surface area contributed by atoms with Crippen LogP contribution in [0.3, 0.4) is 0 Å². The Labute approximate surface area is 100 Å². The number of anilines is 2. The monoisotopic (exact) mass is 237 g/mol. The lowest BCUT2D eigenvalue weighted by Gasteiger charge is -2.30. The van der Waals surface area contributed by atoms with Crippen LogP contribution in [0.15, 0.2) is 11.1 Å². The first-order chi connectivity index (χ1) is 8.15. The first-order valence-corrected chi connectivity index (χ1v) is 5.91. The van der Waals surface area contributed by atoms with E-state index in [1.165, 1.54) is 12.7 Å². The van der Waals surface area contributed by atoms with Crippen LogP contribution in [0.5, 0.6) is 0 Å². The van der Waals surface area contributed by atoms with E-state index in [0.717, 1.165) is 12.8 Å². The number of H-pyrrole nitrogens is 1. The maximum atomic E-state index is 11.4. The van der Waals surface area contributed by atoms with Crippen molar-refractivity contribution in [2.75, 3.05) is 24.2 Å². The van der Waals surface area contributed by atoms with Gasteiger partial charge in [-0.15, -0.1) is 0 Å². The summed E-state index contributed by atoms with van der Waals surface area (Å²) in [5, 5.41) is 0. The molecule has 6 nitrogen and oxygen atoms in total. The van der Waals surface area contributed by atoms with Crippen LogP contribution in [0.4, 0.5) is 11.5 Å². The van der Waals surface area contributed by atoms with Crippen LogP contribution in [-0.2, 0) is 0 Å². The van der Waals surface area contributed by atoms with Gasteiger partial charge in [-0.1, -0.05) is 6.42 Å². The van der Waals surface area contributed by atoms with Crippen molar-refractivity contribution in [1.29, 1.82) is 0 Å². The minimum atomic E-state index is -0.288. The van der Waals surface area contributed by atoms with E-state index in [-0.39, 0.29) is 11.2 Å². The lowest BCUT2D eigenvalue weighted by atomic mass is 10.0. The Kier molecular flexibility index (Phi) is 3.33. The standard InChI is InChI=1S/C11H19N5O/c1-16(8-4-2-3-7(8)5-12)10-9(13)11(17)15-6-14-10/h6-8H,2-5,12-13H2,1H3,(H,14,15,17). The number of hydrogen-bond acceptors (Lipinski definition) is 5. The molecule has 1 fully saturated rings. The number of aromatic nitrogens is 2. The number of nitrogen functional groups attached to an aromatic ring is 1. The van der Waals surface area contributed by atoms with Gasteiger partial charge in [0.05, 0.1) is 6.33 Å². The predicted molar refractivity (Wildman–Crippen MR) is 67.9 cm³/mol. The van der Waals surface area contributed by atoms with Gasteiger partial charge in [0.25, 0.3) is 5.56 Å². The van der Waals surface area contributed by atoms with E-state index < -0.39 is 0 Å². The van der Waals surface area contributed by atoms with Crippen LogP contribution in [0, 0.1) is 5.92 Å². The number of rotatable bonds is 3. The maximum absolute atomic E-state index is 11.4. The largest absolute Gasteiger partial charge is 0.391 e. The lowest BCUT2D eigenvalue weighted by Crippen LogP contribution is -2.39. The Morgan fingerprint density at radius 1 is 1.59 bits per heavy atom. The zero-order valence-corrected chi connectivity index (χ0v) is 10.0. The average molecular weight is 237 g/mol. The van der Waals surface area contributed by atoms with Crippen molar-refractivity contribution >= 4 is 11.5 Å². The van der Waals surface area contributed by atoms with Crippen molar-refractivity contribution in [3.05, 3.63) is 16.7 Å². The lowest BCUT2D eigenvalue weighted by molar-refractivity contribution is 0.472. The second-order valence-corrected chi connectivity index (χ2v) is 4.57. The van der Waals surface area contributed by atoms with Gasteiger partial charge in [-0.25, -0.2) is 4.98 Å². The van der Waals surface area contributed by atoms with Crippen molar-refractivity contribution in [3.8, 4) is 0 Å². The molecule has 2 atom stereocenters. The Hall–Kier alpha value is -1.56. The van der Waals surface area contributed by atoms with E-state index in [4.69, 9.17) is 11.5 Å². The molecule has 1 aliphatic rings. The van der Waals surface area contributed by atoms with Crippen LogP contribution in [0.25, 0.3) is 0 Å². The van der Waals surface area contributed by atoms with Gasteiger partial charge < -0.3 is 21.4 Å². The zero-order valence-electron chi connectivity index (χ0n) is 10.0. The highest BCUT2D eigenvalue weighted by Crippen LogP contribution is 2.31. The molecule has 5 N–H and O–H groups in total. The fourth-order valence-corrected chi connectivity index (χ4v) is 2.64. The number of aromatic amines is 1. The van der Waals surface area contributed by atoms with Gasteiger partial charge in [0, 0.05) is 13.1 Å². The summed E-state index contributed by atoms with van der Waals surface area (Å²) in [6.07, 6.45) is 4.76. The molecule has 2 unspecified atom stereocenters. The quantitative estimate of drug-likeness (QED) is 0.682. The number of nitrogens with zero attached hydrogens (tertiary/aromatic N) is 2. The summed E-state index contributed by atoms with van der Waals surface area (Å²) in [4.78, 5) is 20.1. The summed E-state index contributed by atoms with van der Waals surface area (Å²) in [5.74, 6) is 1.01. The third-order valence-corrected chi connectivity index (χ3v) is 3.62. The molecule has 1 aromatic rings. The third-order valence-electron chi connectivity index (χ3n) is 3.62. The Balaban J connectivity index is 2.27. The third kappa shape index (κ3) is 2.12.